The lowest BCUT2D eigenvalue weighted by Gasteiger charge is -2.17. The van der Waals surface area contributed by atoms with Gasteiger partial charge in [0.15, 0.2) is 0 Å². The van der Waals surface area contributed by atoms with Gasteiger partial charge in [0.25, 0.3) is 0 Å². The lowest BCUT2D eigenvalue weighted by Crippen LogP contribution is -2.19. The van der Waals surface area contributed by atoms with Crippen molar-refractivity contribution in [2.75, 3.05) is 6.16 Å². The van der Waals surface area contributed by atoms with E-state index < -0.39 is 25.3 Å². The highest BCUT2D eigenvalue weighted by atomic mass is 31.2. The summed E-state index contributed by atoms with van der Waals surface area (Å²) in [5.41, 5.74) is 6.59. The SMILES string of the molecule is CCCC(C/C=C(/CP(=O)(O)C(C)N)C(=O)O)c1ccccc1. The summed E-state index contributed by atoms with van der Waals surface area (Å²) in [6.07, 6.45) is 3.61. The Balaban J connectivity index is 2.94. The minimum Gasteiger partial charge on any atom is -0.478 e. The van der Waals surface area contributed by atoms with E-state index in [9.17, 15) is 19.4 Å². The third-order valence-corrected chi connectivity index (χ3v) is 5.93. The van der Waals surface area contributed by atoms with Gasteiger partial charge < -0.3 is 15.7 Å². The topological polar surface area (TPSA) is 101 Å². The average Bonchev–Trinajstić information content (AvgIpc) is 2.50. The Morgan fingerprint density at radius 1 is 1.35 bits per heavy atom. The molecule has 6 heteroatoms. The molecule has 1 aromatic carbocycles. The zero-order valence-electron chi connectivity index (χ0n) is 13.7. The Bertz CT molecular complexity index is 584. The Morgan fingerprint density at radius 3 is 2.43 bits per heavy atom. The average molecular weight is 339 g/mol. The van der Waals surface area contributed by atoms with Gasteiger partial charge in [0.05, 0.1) is 11.9 Å². The van der Waals surface area contributed by atoms with E-state index in [0.717, 1.165) is 18.4 Å². The Hall–Kier alpha value is -1.42. The van der Waals surface area contributed by atoms with Gasteiger partial charge in [0.1, 0.15) is 0 Å². The van der Waals surface area contributed by atoms with Gasteiger partial charge in [-0.15, -0.1) is 0 Å². The van der Waals surface area contributed by atoms with E-state index >= 15 is 0 Å². The van der Waals surface area contributed by atoms with E-state index in [4.69, 9.17) is 5.73 Å². The first-order chi connectivity index (χ1) is 10.8. The predicted octanol–water partition coefficient (Wildman–Crippen LogP) is 3.55. The molecule has 23 heavy (non-hydrogen) atoms. The molecule has 0 spiro atoms. The summed E-state index contributed by atoms with van der Waals surface area (Å²) in [5.74, 6) is -1.90. The molecule has 4 N–H and O–H groups in total. The Morgan fingerprint density at radius 2 is 1.96 bits per heavy atom. The molecule has 0 aliphatic heterocycles. The number of benzene rings is 1. The van der Waals surface area contributed by atoms with Crippen LogP contribution in [-0.4, -0.2) is 27.9 Å². The van der Waals surface area contributed by atoms with Crippen molar-refractivity contribution in [3.63, 3.8) is 0 Å². The second-order valence-electron chi connectivity index (χ2n) is 5.82. The van der Waals surface area contributed by atoms with Crippen LogP contribution in [0.4, 0.5) is 0 Å². The summed E-state index contributed by atoms with van der Waals surface area (Å²) in [5, 5.41) is 9.29. The van der Waals surface area contributed by atoms with Crippen LogP contribution in [-0.2, 0) is 9.36 Å². The lowest BCUT2D eigenvalue weighted by atomic mass is 9.91. The normalized spacial score (nSPS) is 17.3. The molecule has 128 valence electrons. The van der Waals surface area contributed by atoms with Gasteiger partial charge in [-0.2, -0.15) is 0 Å². The van der Waals surface area contributed by atoms with Crippen molar-refractivity contribution in [3.05, 3.63) is 47.5 Å². The highest BCUT2D eigenvalue weighted by Crippen LogP contribution is 2.45. The van der Waals surface area contributed by atoms with Crippen LogP contribution >= 0.6 is 7.37 Å². The van der Waals surface area contributed by atoms with Crippen LogP contribution in [0.3, 0.4) is 0 Å². The molecule has 3 unspecified atom stereocenters. The predicted molar refractivity (Wildman–Crippen MR) is 92.8 cm³/mol. The lowest BCUT2D eigenvalue weighted by molar-refractivity contribution is -0.132. The van der Waals surface area contributed by atoms with Gasteiger partial charge in [-0.3, -0.25) is 4.57 Å². The van der Waals surface area contributed by atoms with Crippen molar-refractivity contribution in [2.45, 2.75) is 44.8 Å². The van der Waals surface area contributed by atoms with Crippen molar-refractivity contribution >= 4 is 13.3 Å². The van der Waals surface area contributed by atoms with Gasteiger partial charge in [0.2, 0.25) is 7.37 Å². The minimum atomic E-state index is -3.69. The van der Waals surface area contributed by atoms with E-state index in [2.05, 4.69) is 6.92 Å². The number of carboxylic acids is 1. The number of carboxylic acid groups (broad SMARTS) is 1. The summed E-state index contributed by atoms with van der Waals surface area (Å²) < 4.78 is 12.0. The van der Waals surface area contributed by atoms with Crippen LogP contribution in [0.15, 0.2) is 42.0 Å². The van der Waals surface area contributed by atoms with E-state index in [1.807, 2.05) is 30.3 Å². The molecule has 0 radical (unpaired) electrons. The number of aliphatic carboxylic acids is 1. The fourth-order valence-electron chi connectivity index (χ4n) is 2.39. The molecule has 0 saturated carbocycles. The largest absolute Gasteiger partial charge is 0.478 e. The standard InChI is InChI=1S/C17H26NO4P/c1-3-7-14(15-8-5-4-6-9-15)10-11-16(17(19)20)12-23(21,22)13(2)18/h4-6,8-9,11,13-14H,3,7,10,12,18H2,1-2H3,(H,19,20)(H,21,22)/b16-11-. The van der Waals surface area contributed by atoms with E-state index in [1.54, 1.807) is 6.08 Å². The number of nitrogens with two attached hydrogens (primary N) is 1. The highest BCUT2D eigenvalue weighted by Gasteiger charge is 2.27. The van der Waals surface area contributed by atoms with Crippen LogP contribution in [0.5, 0.6) is 0 Å². The second-order valence-corrected chi connectivity index (χ2v) is 8.46. The summed E-state index contributed by atoms with van der Waals surface area (Å²) >= 11 is 0. The first kappa shape index (κ1) is 19.6. The van der Waals surface area contributed by atoms with Crippen molar-refractivity contribution in [1.29, 1.82) is 0 Å². The Kier molecular flexibility index (Phi) is 7.69. The maximum atomic E-state index is 12.0. The monoisotopic (exact) mass is 339 g/mol. The molecule has 0 aliphatic carbocycles. The number of rotatable bonds is 9. The summed E-state index contributed by atoms with van der Waals surface area (Å²) in [6, 6.07) is 9.90. The van der Waals surface area contributed by atoms with Gasteiger partial charge in [0, 0.05) is 5.57 Å². The molecule has 1 aromatic rings. The van der Waals surface area contributed by atoms with Gasteiger partial charge in [-0.25, -0.2) is 4.79 Å². The maximum Gasteiger partial charge on any atom is 0.331 e. The minimum absolute atomic E-state index is 0.0369. The van der Waals surface area contributed by atoms with Crippen molar-refractivity contribution in [3.8, 4) is 0 Å². The molecule has 3 atom stereocenters. The zero-order valence-corrected chi connectivity index (χ0v) is 14.6. The van der Waals surface area contributed by atoms with Gasteiger partial charge in [-0.05, 0) is 31.2 Å². The molecule has 5 nitrogen and oxygen atoms in total. The molecule has 0 amide bonds. The molecule has 0 aromatic heterocycles. The van der Waals surface area contributed by atoms with Crippen LogP contribution < -0.4 is 5.73 Å². The number of hydrogen-bond donors (Lipinski definition) is 3. The van der Waals surface area contributed by atoms with E-state index in [-0.39, 0.29) is 11.5 Å². The van der Waals surface area contributed by atoms with Gasteiger partial charge in [-0.1, -0.05) is 49.8 Å². The zero-order chi connectivity index (χ0) is 17.5. The smallest absolute Gasteiger partial charge is 0.331 e. The van der Waals surface area contributed by atoms with Crippen LogP contribution in [0.1, 0.15) is 44.6 Å². The molecule has 0 fully saturated rings. The quantitative estimate of drug-likeness (QED) is 0.472. The van der Waals surface area contributed by atoms with Crippen molar-refractivity contribution in [1.82, 2.24) is 0 Å². The molecular weight excluding hydrogens is 313 g/mol. The van der Waals surface area contributed by atoms with E-state index in [0.29, 0.717) is 6.42 Å². The summed E-state index contributed by atoms with van der Waals surface area (Å²) in [6.45, 7) is 3.50. The molecular formula is C17H26NO4P. The summed E-state index contributed by atoms with van der Waals surface area (Å²) in [4.78, 5) is 21.2. The third kappa shape index (κ3) is 6.30. The Labute approximate surface area is 137 Å². The number of carbonyl (C=O) groups is 1. The van der Waals surface area contributed by atoms with Gasteiger partial charge >= 0.3 is 5.97 Å². The van der Waals surface area contributed by atoms with Crippen LogP contribution in [0.2, 0.25) is 0 Å². The highest BCUT2D eigenvalue weighted by molar-refractivity contribution is 7.59. The number of hydrogen-bond acceptors (Lipinski definition) is 3. The van der Waals surface area contributed by atoms with Crippen molar-refractivity contribution < 1.29 is 19.4 Å². The maximum absolute atomic E-state index is 12.0. The fourth-order valence-corrected chi connectivity index (χ4v) is 3.43. The first-order valence-electron chi connectivity index (χ1n) is 7.82. The molecule has 1 rings (SSSR count). The third-order valence-electron chi connectivity index (χ3n) is 3.86. The van der Waals surface area contributed by atoms with Crippen molar-refractivity contribution in [2.24, 2.45) is 5.73 Å². The molecule has 0 aliphatic rings. The van der Waals surface area contributed by atoms with Crippen LogP contribution in [0, 0.1) is 0 Å². The van der Waals surface area contributed by atoms with E-state index in [1.165, 1.54) is 6.92 Å². The fraction of sp³-hybridized carbons (Fsp3) is 0.471. The second kappa shape index (κ2) is 9.02. The first-order valence-corrected chi connectivity index (χ1v) is 9.73. The molecule has 0 saturated heterocycles. The number of allylic oxidation sites excluding steroid dienone is 1. The molecule has 0 heterocycles. The summed E-state index contributed by atoms with van der Waals surface area (Å²) in [7, 11) is -3.69. The molecule has 0 bridgehead atoms. The van der Waals surface area contributed by atoms with Crippen LogP contribution in [0.25, 0.3) is 0 Å².